The van der Waals surface area contributed by atoms with Crippen LogP contribution in [0.5, 0.6) is 0 Å². The molecule has 0 saturated carbocycles. The molecule has 3 rings (SSSR count). The van der Waals surface area contributed by atoms with Gasteiger partial charge in [-0.2, -0.15) is 5.26 Å². The summed E-state index contributed by atoms with van der Waals surface area (Å²) in [5.41, 5.74) is 4.79. The second kappa shape index (κ2) is 10.6. The molecule has 2 unspecified atom stereocenters. The lowest BCUT2D eigenvalue weighted by Crippen LogP contribution is -2.44. The van der Waals surface area contributed by atoms with Gasteiger partial charge in [-0.05, 0) is 72.9 Å². The average Bonchev–Trinajstić information content (AvgIpc) is 2.84. The van der Waals surface area contributed by atoms with Crippen molar-refractivity contribution in [2.45, 2.75) is 45.8 Å². The van der Waals surface area contributed by atoms with Crippen LogP contribution in [0.3, 0.4) is 0 Å². The number of hydrogen-bond acceptors (Lipinski definition) is 3. The van der Waals surface area contributed by atoms with Gasteiger partial charge < -0.3 is 10.4 Å². The number of rotatable bonds is 7. The van der Waals surface area contributed by atoms with Gasteiger partial charge in [-0.1, -0.05) is 50.2 Å². The largest absolute Gasteiger partial charge is 0.386 e. The van der Waals surface area contributed by atoms with Gasteiger partial charge in [0.15, 0.2) is 0 Å². The Bertz CT molecular complexity index is 1090. The lowest BCUT2D eigenvalue weighted by atomic mass is 10.00. The summed E-state index contributed by atoms with van der Waals surface area (Å²) in [6.07, 6.45) is 0.854. The maximum atomic E-state index is 13.4. The summed E-state index contributed by atoms with van der Waals surface area (Å²) in [5.74, 6) is 0. The second-order valence-electron chi connectivity index (χ2n) is 7.79. The van der Waals surface area contributed by atoms with Crippen molar-refractivity contribution in [1.82, 2.24) is 0 Å². The number of aliphatic hydroxyl groups is 1. The van der Waals surface area contributed by atoms with Crippen LogP contribution in [0, 0.1) is 11.3 Å². The molecule has 0 bridgehead atoms. The van der Waals surface area contributed by atoms with Crippen LogP contribution in [0.1, 0.15) is 49.1 Å². The number of aryl methyl sites for hydroxylation is 2. The molecule has 2 amide bonds. The zero-order valence-corrected chi connectivity index (χ0v) is 18.7. The molecule has 0 saturated heterocycles. The third-order valence-electron chi connectivity index (χ3n) is 5.68. The fourth-order valence-corrected chi connectivity index (χ4v) is 3.65. The van der Waals surface area contributed by atoms with E-state index in [0.717, 1.165) is 12.8 Å². The van der Waals surface area contributed by atoms with Gasteiger partial charge in [-0.25, -0.2) is 4.79 Å². The van der Waals surface area contributed by atoms with Crippen molar-refractivity contribution >= 4 is 17.4 Å². The fraction of sp³-hybridized carbons (Fsp3) is 0.259. The highest BCUT2D eigenvalue weighted by atomic mass is 16.3. The lowest BCUT2D eigenvalue weighted by Gasteiger charge is -2.33. The number of carbonyl (C=O) groups excluding carboxylic acids is 1. The highest BCUT2D eigenvalue weighted by Crippen LogP contribution is 2.28. The van der Waals surface area contributed by atoms with Gasteiger partial charge >= 0.3 is 6.03 Å². The fourth-order valence-electron chi connectivity index (χ4n) is 3.65. The van der Waals surface area contributed by atoms with Crippen LogP contribution in [0.15, 0.2) is 72.8 Å². The van der Waals surface area contributed by atoms with Crippen molar-refractivity contribution in [3.8, 4) is 6.07 Å². The van der Waals surface area contributed by atoms with E-state index < -0.39 is 12.1 Å². The Hall–Kier alpha value is -3.62. The van der Waals surface area contributed by atoms with Gasteiger partial charge in [0, 0.05) is 11.4 Å². The Morgan fingerprint density at radius 1 is 1.00 bits per heavy atom. The SMILES string of the molecule is CCc1ccc(NC(=O)N(c2ccc(CC)cc2)C(C)C(O)c2cccc(C#N)c2)cc1. The molecular formula is C27H29N3O2. The molecule has 164 valence electrons. The van der Waals surface area contributed by atoms with E-state index >= 15 is 0 Å². The van der Waals surface area contributed by atoms with Crippen LogP contribution >= 0.6 is 0 Å². The molecule has 2 N–H and O–H groups in total. The lowest BCUT2D eigenvalue weighted by molar-refractivity contribution is 0.150. The second-order valence-corrected chi connectivity index (χ2v) is 7.79. The Kier molecular flexibility index (Phi) is 7.64. The molecule has 2 atom stereocenters. The van der Waals surface area contributed by atoms with E-state index in [9.17, 15) is 15.2 Å². The van der Waals surface area contributed by atoms with Gasteiger partial charge in [0.25, 0.3) is 0 Å². The first kappa shape index (κ1) is 23.1. The molecule has 3 aromatic rings. The summed E-state index contributed by atoms with van der Waals surface area (Å²) in [6.45, 7) is 5.96. The number of nitrogens with zero attached hydrogens (tertiary/aromatic N) is 2. The normalized spacial score (nSPS) is 12.5. The minimum Gasteiger partial charge on any atom is -0.386 e. The van der Waals surface area contributed by atoms with Crippen molar-refractivity contribution < 1.29 is 9.90 Å². The number of amides is 2. The van der Waals surface area contributed by atoms with E-state index in [1.54, 1.807) is 36.1 Å². The number of nitriles is 1. The van der Waals surface area contributed by atoms with Gasteiger partial charge in [-0.3, -0.25) is 4.90 Å². The van der Waals surface area contributed by atoms with Crippen LogP contribution in [-0.4, -0.2) is 17.2 Å². The summed E-state index contributed by atoms with van der Waals surface area (Å²) in [6, 6.07) is 23.5. The molecule has 5 heteroatoms. The van der Waals surface area contributed by atoms with Crippen molar-refractivity contribution in [3.05, 3.63) is 95.1 Å². The first-order valence-corrected chi connectivity index (χ1v) is 10.9. The number of nitrogens with one attached hydrogen (secondary N) is 1. The molecule has 3 aromatic carbocycles. The zero-order valence-electron chi connectivity index (χ0n) is 18.7. The Balaban J connectivity index is 1.92. The predicted octanol–water partition coefficient (Wildman–Crippen LogP) is 5.84. The summed E-state index contributed by atoms with van der Waals surface area (Å²) < 4.78 is 0. The third-order valence-corrected chi connectivity index (χ3v) is 5.68. The Morgan fingerprint density at radius 3 is 2.16 bits per heavy atom. The van der Waals surface area contributed by atoms with E-state index in [4.69, 9.17) is 0 Å². The minimum absolute atomic E-state index is 0.332. The number of benzene rings is 3. The molecule has 0 radical (unpaired) electrons. The van der Waals surface area contributed by atoms with E-state index in [-0.39, 0.29) is 6.03 Å². The van der Waals surface area contributed by atoms with E-state index in [1.807, 2.05) is 48.5 Å². The van der Waals surface area contributed by atoms with Crippen molar-refractivity contribution in [2.24, 2.45) is 0 Å². The maximum Gasteiger partial charge on any atom is 0.326 e. The first-order chi connectivity index (χ1) is 15.5. The molecule has 0 aliphatic heterocycles. The van der Waals surface area contributed by atoms with Gasteiger partial charge in [-0.15, -0.1) is 0 Å². The molecule has 0 spiro atoms. The van der Waals surface area contributed by atoms with Crippen molar-refractivity contribution in [2.75, 3.05) is 10.2 Å². The Labute approximate surface area is 189 Å². The quantitative estimate of drug-likeness (QED) is 0.497. The molecule has 0 aliphatic rings. The first-order valence-electron chi connectivity index (χ1n) is 10.9. The number of aliphatic hydroxyl groups excluding tert-OH is 1. The molecule has 0 aromatic heterocycles. The van der Waals surface area contributed by atoms with Gasteiger partial charge in [0.2, 0.25) is 0 Å². The molecular weight excluding hydrogens is 398 g/mol. The van der Waals surface area contributed by atoms with Crippen molar-refractivity contribution in [3.63, 3.8) is 0 Å². The standard InChI is InChI=1S/C27H29N3O2/c1-4-20-9-13-24(14-10-20)29-27(32)30(25-15-11-21(5-2)12-16-25)19(3)26(31)23-8-6-7-22(17-23)18-28/h6-17,19,26,31H,4-5H2,1-3H3,(H,29,32). The average molecular weight is 428 g/mol. The van der Waals surface area contributed by atoms with Gasteiger partial charge in [0.05, 0.1) is 23.8 Å². The number of carbonyl (C=O) groups is 1. The molecule has 0 heterocycles. The third kappa shape index (κ3) is 5.35. The Morgan fingerprint density at radius 2 is 1.59 bits per heavy atom. The van der Waals surface area contributed by atoms with Crippen molar-refractivity contribution in [1.29, 1.82) is 5.26 Å². The van der Waals surface area contributed by atoms with Crippen LogP contribution in [0.25, 0.3) is 0 Å². The monoisotopic (exact) mass is 427 g/mol. The van der Waals surface area contributed by atoms with Crippen LogP contribution in [0.4, 0.5) is 16.2 Å². The predicted molar refractivity (Wildman–Crippen MR) is 129 cm³/mol. The van der Waals surface area contributed by atoms with Crippen LogP contribution in [0.2, 0.25) is 0 Å². The number of urea groups is 1. The summed E-state index contributed by atoms with van der Waals surface area (Å²) >= 11 is 0. The molecule has 0 aliphatic carbocycles. The highest BCUT2D eigenvalue weighted by Gasteiger charge is 2.29. The van der Waals surface area contributed by atoms with E-state index in [1.165, 1.54) is 11.1 Å². The summed E-state index contributed by atoms with van der Waals surface area (Å²) in [5, 5.41) is 23.2. The summed E-state index contributed by atoms with van der Waals surface area (Å²) in [7, 11) is 0. The topological polar surface area (TPSA) is 76.4 Å². The van der Waals surface area contributed by atoms with E-state index in [0.29, 0.717) is 22.5 Å². The smallest absolute Gasteiger partial charge is 0.326 e. The minimum atomic E-state index is -0.970. The van der Waals surface area contributed by atoms with Gasteiger partial charge in [0.1, 0.15) is 0 Å². The number of hydrogen-bond donors (Lipinski definition) is 2. The zero-order chi connectivity index (χ0) is 23.1. The molecule has 5 nitrogen and oxygen atoms in total. The highest BCUT2D eigenvalue weighted by molar-refractivity contribution is 6.02. The summed E-state index contributed by atoms with van der Waals surface area (Å²) in [4.78, 5) is 14.9. The van der Waals surface area contributed by atoms with Crippen LogP contribution in [-0.2, 0) is 12.8 Å². The van der Waals surface area contributed by atoms with Crippen LogP contribution < -0.4 is 10.2 Å². The van der Waals surface area contributed by atoms with E-state index in [2.05, 4.69) is 25.2 Å². The maximum absolute atomic E-state index is 13.4. The molecule has 0 fully saturated rings. The number of anilines is 2. The molecule has 32 heavy (non-hydrogen) atoms.